The second-order valence-corrected chi connectivity index (χ2v) is 9.27. The number of rotatable bonds is 4. The second kappa shape index (κ2) is 5.31. The molecular formula is C14H22Si. The van der Waals surface area contributed by atoms with Crippen molar-refractivity contribution in [2.75, 3.05) is 0 Å². The standard InChI is InChI=1S/C14H22Si/c1-6-13-8-7-9-14(10-13)15(11(2)3)12(4)5/h6-12,15H,1H2,2-5H3. The molecule has 1 rings (SSSR count). The van der Waals surface area contributed by atoms with Gasteiger partial charge < -0.3 is 0 Å². The van der Waals surface area contributed by atoms with Crippen molar-refractivity contribution >= 4 is 20.1 Å². The van der Waals surface area contributed by atoms with E-state index >= 15 is 0 Å². The van der Waals surface area contributed by atoms with Crippen LogP contribution >= 0.6 is 0 Å². The van der Waals surface area contributed by atoms with Crippen LogP contribution in [0.5, 0.6) is 0 Å². The molecule has 0 spiro atoms. The smallest absolute Gasteiger partial charge is 0.0758 e. The van der Waals surface area contributed by atoms with Crippen molar-refractivity contribution in [1.82, 2.24) is 0 Å². The first-order chi connectivity index (χ1) is 7.06. The van der Waals surface area contributed by atoms with E-state index in [1.807, 2.05) is 6.08 Å². The van der Waals surface area contributed by atoms with Gasteiger partial charge in [-0.05, 0) is 16.6 Å². The zero-order valence-corrected chi connectivity index (χ0v) is 11.5. The highest BCUT2D eigenvalue weighted by atomic mass is 28.3. The van der Waals surface area contributed by atoms with Gasteiger partial charge in [0.25, 0.3) is 0 Å². The molecule has 0 atom stereocenters. The Balaban J connectivity index is 3.05. The lowest BCUT2D eigenvalue weighted by atomic mass is 10.2. The van der Waals surface area contributed by atoms with Crippen molar-refractivity contribution in [3.63, 3.8) is 0 Å². The SMILES string of the molecule is C=Cc1cccc([SiH](C(C)C)C(C)C)c1. The van der Waals surface area contributed by atoms with Crippen LogP contribution in [-0.4, -0.2) is 8.80 Å². The molecule has 0 unspecified atom stereocenters. The third-order valence-electron chi connectivity index (χ3n) is 2.97. The molecule has 15 heavy (non-hydrogen) atoms. The molecule has 0 bridgehead atoms. The highest BCUT2D eigenvalue weighted by Gasteiger charge is 2.21. The zero-order chi connectivity index (χ0) is 11.4. The van der Waals surface area contributed by atoms with Gasteiger partial charge in [-0.15, -0.1) is 0 Å². The second-order valence-electron chi connectivity index (χ2n) is 4.89. The molecule has 0 nitrogen and oxygen atoms in total. The Kier molecular flexibility index (Phi) is 4.34. The first kappa shape index (κ1) is 12.2. The maximum absolute atomic E-state index is 3.84. The molecule has 0 fully saturated rings. The highest BCUT2D eigenvalue weighted by molar-refractivity contribution is 6.75. The summed E-state index contributed by atoms with van der Waals surface area (Å²) in [6.45, 7) is 13.3. The third kappa shape index (κ3) is 3.06. The third-order valence-corrected chi connectivity index (χ3v) is 6.97. The first-order valence-electron chi connectivity index (χ1n) is 5.78. The average molecular weight is 218 g/mol. The molecule has 0 aromatic heterocycles. The van der Waals surface area contributed by atoms with E-state index in [-0.39, 0.29) is 0 Å². The molecular weight excluding hydrogens is 196 g/mol. The van der Waals surface area contributed by atoms with E-state index in [0.717, 1.165) is 11.1 Å². The number of hydrogen-bond donors (Lipinski definition) is 0. The van der Waals surface area contributed by atoms with Crippen LogP contribution in [0.15, 0.2) is 30.8 Å². The number of benzene rings is 1. The molecule has 0 radical (unpaired) electrons. The highest BCUT2D eigenvalue weighted by Crippen LogP contribution is 2.20. The molecule has 0 saturated heterocycles. The fraction of sp³-hybridized carbons (Fsp3) is 0.429. The summed E-state index contributed by atoms with van der Waals surface area (Å²) in [5.74, 6) is 0. The minimum atomic E-state index is -0.828. The molecule has 0 N–H and O–H groups in total. The van der Waals surface area contributed by atoms with E-state index in [1.54, 1.807) is 5.19 Å². The van der Waals surface area contributed by atoms with Crippen molar-refractivity contribution in [1.29, 1.82) is 0 Å². The van der Waals surface area contributed by atoms with Gasteiger partial charge >= 0.3 is 0 Å². The largest absolute Gasteiger partial charge is 0.0985 e. The number of hydrogen-bond acceptors (Lipinski definition) is 0. The molecule has 1 aromatic carbocycles. The van der Waals surface area contributed by atoms with Gasteiger partial charge in [-0.3, -0.25) is 0 Å². The Morgan fingerprint density at radius 1 is 1.13 bits per heavy atom. The van der Waals surface area contributed by atoms with Crippen molar-refractivity contribution in [3.05, 3.63) is 36.4 Å². The van der Waals surface area contributed by atoms with Crippen molar-refractivity contribution in [3.8, 4) is 0 Å². The van der Waals surface area contributed by atoms with Gasteiger partial charge in [-0.1, -0.05) is 69.8 Å². The van der Waals surface area contributed by atoms with Crippen LogP contribution in [0, 0.1) is 0 Å². The molecule has 0 aliphatic rings. The normalized spacial score (nSPS) is 11.4. The summed E-state index contributed by atoms with van der Waals surface area (Å²) in [6.07, 6.45) is 1.94. The van der Waals surface area contributed by atoms with Crippen LogP contribution < -0.4 is 5.19 Å². The minimum Gasteiger partial charge on any atom is -0.0985 e. The van der Waals surface area contributed by atoms with Crippen LogP contribution in [0.25, 0.3) is 6.08 Å². The van der Waals surface area contributed by atoms with E-state index in [2.05, 4.69) is 58.5 Å². The van der Waals surface area contributed by atoms with Crippen molar-refractivity contribution in [2.24, 2.45) is 0 Å². The van der Waals surface area contributed by atoms with Crippen LogP contribution in [0.1, 0.15) is 33.3 Å². The summed E-state index contributed by atoms with van der Waals surface area (Å²) >= 11 is 0. The Bertz CT molecular complexity index is 318. The van der Waals surface area contributed by atoms with Crippen LogP contribution in [0.4, 0.5) is 0 Å². The van der Waals surface area contributed by atoms with E-state index in [1.165, 1.54) is 5.56 Å². The van der Waals surface area contributed by atoms with Crippen molar-refractivity contribution in [2.45, 2.75) is 38.8 Å². The lowest BCUT2D eigenvalue weighted by Crippen LogP contribution is -2.35. The summed E-state index contributed by atoms with van der Waals surface area (Å²) in [5, 5.41) is 1.58. The lowest BCUT2D eigenvalue weighted by molar-refractivity contribution is 0.951. The fourth-order valence-corrected chi connectivity index (χ4v) is 6.23. The topological polar surface area (TPSA) is 0 Å². The first-order valence-corrected chi connectivity index (χ1v) is 7.69. The summed E-state index contributed by atoms with van der Waals surface area (Å²) in [6, 6.07) is 8.91. The monoisotopic (exact) mass is 218 g/mol. The van der Waals surface area contributed by atoms with E-state index in [0.29, 0.717) is 0 Å². The lowest BCUT2D eigenvalue weighted by Gasteiger charge is -2.23. The molecule has 82 valence electrons. The van der Waals surface area contributed by atoms with E-state index in [4.69, 9.17) is 0 Å². The molecule has 0 aliphatic carbocycles. The molecule has 0 aliphatic heterocycles. The van der Waals surface area contributed by atoms with Crippen LogP contribution in [0.2, 0.25) is 11.1 Å². The van der Waals surface area contributed by atoms with Crippen LogP contribution in [-0.2, 0) is 0 Å². The summed E-state index contributed by atoms with van der Waals surface area (Å²) in [4.78, 5) is 0. The molecule has 0 heterocycles. The molecule has 1 aromatic rings. The Morgan fingerprint density at radius 3 is 2.20 bits per heavy atom. The van der Waals surface area contributed by atoms with Crippen LogP contribution in [0.3, 0.4) is 0 Å². The van der Waals surface area contributed by atoms with Gasteiger partial charge in [0.2, 0.25) is 0 Å². The Morgan fingerprint density at radius 2 is 1.73 bits per heavy atom. The molecule has 0 amide bonds. The van der Waals surface area contributed by atoms with Gasteiger partial charge in [-0.25, -0.2) is 0 Å². The predicted octanol–water partition coefficient (Wildman–Crippen LogP) is 3.58. The van der Waals surface area contributed by atoms with E-state index in [9.17, 15) is 0 Å². The minimum absolute atomic E-state index is 0.824. The summed E-state index contributed by atoms with van der Waals surface area (Å²) in [7, 11) is -0.828. The fourth-order valence-electron chi connectivity index (χ4n) is 2.43. The Hall–Kier alpha value is -0.823. The summed E-state index contributed by atoms with van der Waals surface area (Å²) < 4.78 is 0. The predicted molar refractivity (Wildman–Crippen MR) is 73.5 cm³/mol. The maximum Gasteiger partial charge on any atom is 0.0758 e. The quantitative estimate of drug-likeness (QED) is 0.678. The molecule has 1 heteroatoms. The zero-order valence-electron chi connectivity index (χ0n) is 10.3. The van der Waals surface area contributed by atoms with Gasteiger partial charge in [0, 0.05) is 0 Å². The molecule has 0 saturated carbocycles. The Labute approximate surface area is 95.6 Å². The van der Waals surface area contributed by atoms with Gasteiger partial charge in [0.15, 0.2) is 0 Å². The van der Waals surface area contributed by atoms with Gasteiger partial charge in [0.05, 0.1) is 8.80 Å². The van der Waals surface area contributed by atoms with Gasteiger partial charge in [-0.2, -0.15) is 0 Å². The van der Waals surface area contributed by atoms with E-state index < -0.39 is 8.80 Å². The van der Waals surface area contributed by atoms with Crippen molar-refractivity contribution < 1.29 is 0 Å². The average Bonchev–Trinajstić information content (AvgIpc) is 2.17. The van der Waals surface area contributed by atoms with Gasteiger partial charge in [0.1, 0.15) is 0 Å². The maximum atomic E-state index is 3.84. The summed E-state index contributed by atoms with van der Waals surface area (Å²) in [5.41, 5.74) is 2.90.